The van der Waals surface area contributed by atoms with Crippen LogP contribution in [0.1, 0.15) is 33.0 Å². The number of thioether (sulfide) groups is 1. The Morgan fingerprint density at radius 3 is 2.95 bits per heavy atom. The van der Waals surface area contributed by atoms with Gasteiger partial charge in [0.25, 0.3) is 0 Å². The highest BCUT2D eigenvalue weighted by molar-refractivity contribution is 7.99. The van der Waals surface area contributed by atoms with Crippen LogP contribution in [0.15, 0.2) is 6.07 Å². The average molecular weight is 280 g/mol. The molecule has 2 rings (SSSR count). The number of hydrogen-bond donors (Lipinski definition) is 1. The Labute approximate surface area is 120 Å². The van der Waals surface area contributed by atoms with Crippen molar-refractivity contribution in [3.63, 3.8) is 0 Å². The third-order valence-electron chi connectivity index (χ3n) is 3.25. The molecule has 1 aromatic heterocycles. The van der Waals surface area contributed by atoms with Crippen molar-refractivity contribution in [3.05, 3.63) is 11.9 Å². The maximum Gasteiger partial charge on any atom is 0.134 e. The number of anilines is 2. The van der Waals surface area contributed by atoms with Crippen LogP contribution >= 0.6 is 11.8 Å². The fourth-order valence-corrected chi connectivity index (χ4v) is 3.32. The summed E-state index contributed by atoms with van der Waals surface area (Å²) >= 11 is 2.03. The Balaban J connectivity index is 2.26. The van der Waals surface area contributed by atoms with Crippen LogP contribution in [-0.4, -0.2) is 40.6 Å². The zero-order valence-corrected chi connectivity index (χ0v) is 13.0. The molecule has 1 aromatic rings. The SMILES string of the molecule is CCCc1nc(NCC)cc(N2CCSCC2C)n1. The summed E-state index contributed by atoms with van der Waals surface area (Å²) in [5, 5.41) is 3.32. The van der Waals surface area contributed by atoms with E-state index in [1.165, 1.54) is 11.5 Å². The molecule has 4 nitrogen and oxygen atoms in total. The third kappa shape index (κ3) is 3.75. The third-order valence-corrected chi connectivity index (χ3v) is 4.44. The minimum atomic E-state index is 0.553. The van der Waals surface area contributed by atoms with Gasteiger partial charge in [0.2, 0.25) is 0 Å². The van der Waals surface area contributed by atoms with Gasteiger partial charge in [-0.15, -0.1) is 0 Å². The fourth-order valence-electron chi connectivity index (χ4n) is 2.30. The van der Waals surface area contributed by atoms with Gasteiger partial charge >= 0.3 is 0 Å². The second-order valence-corrected chi connectivity index (χ2v) is 6.08. The van der Waals surface area contributed by atoms with Crippen LogP contribution < -0.4 is 10.2 Å². The van der Waals surface area contributed by atoms with Crippen molar-refractivity contribution in [3.8, 4) is 0 Å². The lowest BCUT2D eigenvalue weighted by Crippen LogP contribution is -2.41. The van der Waals surface area contributed by atoms with Crippen LogP contribution in [0.2, 0.25) is 0 Å². The molecule has 0 aromatic carbocycles. The summed E-state index contributed by atoms with van der Waals surface area (Å²) in [6, 6.07) is 2.65. The maximum atomic E-state index is 4.75. The number of rotatable bonds is 5. The molecule has 5 heteroatoms. The highest BCUT2D eigenvalue weighted by Gasteiger charge is 2.21. The van der Waals surface area contributed by atoms with Crippen molar-refractivity contribution in [1.82, 2.24) is 9.97 Å². The van der Waals surface area contributed by atoms with Crippen molar-refractivity contribution in [2.45, 2.75) is 39.7 Å². The topological polar surface area (TPSA) is 41.1 Å². The smallest absolute Gasteiger partial charge is 0.134 e. The van der Waals surface area contributed by atoms with E-state index in [4.69, 9.17) is 4.98 Å². The first-order chi connectivity index (χ1) is 9.24. The van der Waals surface area contributed by atoms with E-state index in [9.17, 15) is 0 Å². The summed E-state index contributed by atoms with van der Waals surface area (Å²) in [7, 11) is 0. The molecule has 0 saturated carbocycles. The van der Waals surface area contributed by atoms with Gasteiger partial charge in [-0.3, -0.25) is 0 Å². The summed E-state index contributed by atoms with van der Waals surface area (Å²) in [6.07, 6.45) is 2.03. The van der Waals surface area contributed by atoms with Gasteiger partial charge < -0.3 is 10.2 Å². The number of aromatic nitrogens is 2. The zero-order valence-electron chi connectivity index (χ0n) is 12.1. The molecular formula is C14H24N4S. The van der Waals surface area contributed by atoms with E-state index in [0.717, 1.165) is 43.4 Å². The molecular weight excluding hydrogens is 256 g/mol. The quantitative estimate of drug-likeness (QED) is 0.898. The van der Waals surface area contributed by atoms with Gasteiger partial charge in [0.15, 0.2) is 0 Å². The molecule has 0 bridgehead atoms. The monoisotopic (exact) mass is 280 g/mol. The van der Waals surface area contributed by atoms with E-state index >= 15 is 0 Å². The largest absolute Gasteiger partial charge is 0.370 e. The molecule has 1 unspecified atom stereocenters. The first-order valence-electron chi connectivity index (χ1n) is 7.20. The highest BCUT2D eigenvalue weighted by Crippen LogP contribution is 2.24. The number of aryl methyl sites for hydroxylation is 1. The van der Waals surface area contributed by atoms with Crippen LogP contribution in [0, 0.1) is 0 Å². The van der Waals surface area contributed by atoms with Crippen molar-refractivity contribution < 1.29 is 0 Å². The minimum absolute atomic E-state index is 0.553. The van der Waals surface area contributed by atoms with Crippen LogP contribution in [0.25, 0.3) is 0 Å². The number of nitrogens with one attached hydrogen (secondary N) is 1. The molecule has 0 amide bonds. The van der Waals surface area contributed by atoms with Gasteiger partial charge in [0, 0.05) is 43.1 Å². The second-order valence-electron chi connectivity index (χ2n) is 4.93. The van der Waals surface area contributed by atoms with Gasteiger partial charge in [-0.05, 0) is 20.3 Å². The maximum absolute atomic E-state index is 4.75. The summed E-state index contributed by atoms with van der Waals surface area (Å²) in [5.74, 6) is 5.38. The molecule has 0 aliphatic carbocycles. The van der Waals surface area contributed by atoms with Crippen LogP contribution in [0.5, 0.6) is 0 Å². The molecule has 1 aliphatic rings. The fraction of sp³-hybridized carbons (Fsp3) is 0.714. The minimum Gasteiger partial charge on any atom is -0.370 e. The summed E-state index contributed by atoms with van der Waals surface area (Å²) in [4.78, 5) is 11.7. The van der Waals surface area contributed by atoms with Crippen LogP contribution in [-0.2, 0) is 6.42 Å². The molecule has 1 atom stereocenters. The highest BCUT2D eigenvalue weighted by atomic mass is 32.2. The number of hydrogen-bond acceptors (Lipinski definition) is 5. The van der Waals surface area contributed by atoms with Crippen molar-refractivity contribution in [2.24, 2.45) is 0 Å². The lowest BCUT2D eigenvalue weighted by molar-refractivity contribution is 0.683. The van der Waals surface area contributed by atoms with Crippen molar-refractivity contribution in [2.75, 3.05) is 34.8 Å². The second kappa shape index (κ2) is 6.98. The van der Waals surface area contributed by atoms with Crippen LogP contribution in [0.3, 0.4) is 0 Å². The molecule has 19 heavy (non-hydrogen) atoms. The van der Waals surface area contributed by atoms with Crippen molar-refractivity contribution >= 4 is 23.4 Å². The molecule has 2 heterocycles. The molecule has 1 fully saturated rings. The lowest BCUT2D eigenvalue weighted by atomic mass is 10.3. The van der Waals surface area contributed by atoms with Gasteiger partial charge in [-0.2, -0.15) is 11.8 Å². The van der Waals surface area contributed by atoms with Gasteiger partial charge in [0.05, 0.1) is 0 Å². The Morgan fingerprint density at radius 1 is 1.42 bits per heavy atom. The van der Waals surface area contributed by atoms with E-state index in [1.807, 2.05) is 11.8 Å². The molecule has 0 radical (unpaired) electrons. The van der Waals surface area contributed by atoms with Crippen molar-refractivity contribution in [1.29, 1.82) is 0 Å². The molecule has 1 saturated heterocycles. The number of nitrogens with zero attached hydrogens (tertiary/aromatic N) is 3. The Hall–Kier alpha value is -0.970. The van der Waals surface area contributed by atoms with Gasteiger partial charge in [-0.1, -0.05) is 6.92 Å². The zero-order chi connectivity index (χ0) is 13.7. The van der Waals surface area contributed by atoms with E-state index < -0.39 is 0 Å². The molecule has 1 N–H and O–H groups in total. The predicted octanol–water partition coefficient (Wildman–Crippen LogP) is 2.80. The van der Waals surface area contributed by atoms with Gasteiger partial charge in [0.1, 0.15) is 17.5 Å². The summed E-state index contributed by atoms with van der Waals surface area (Å²) in [5.41, 5.74) is 0. The summed E-state index contributed by atoms with van der Waals surface area (Å²) in [6.45, 7) is 8.53. The Bertz CT molecular complexity index is 386. The lowest BCUT2D eigenvalue weighted by Gasteiger charge is -2.34. The average Bonchev–Trinajstić information content (AvgIpc) is 2.40. The Morgan fingerprint density at radius 2 is 2.26 bits per heavy atom. The predicted molar refractivity (Wildman–Crippen MR) is 84.3 cm³/mol. The summed E-state index contributed by atoms with van der Waals surface area (Å²) < 4.78 is 0. The Kier molecular flexibility index (Phi) is 5.31. The van der Waals surface area contributed by atoms with E-state index in [1.54, 1.807) is 0 Å². The first kappa shape index (κ1) is 14.4. The molecule has 0 spiro atoms. The normalized spacial score (nSPS) is 19.5. The molecule has 1 aliphatic heterocycles. The van der Waals surface area contributed by atoms with Crippen LogP contribution in [0.4, 0.5) is 11.6 Å². The van der Waals surface area contributed by atoms with E-state index in [-0.39, 0.29) is 0 Å². The molecule has 106 valence electrons. The van der Waals surface area contributed by atoms with E-state index in [2.05, 4.69) is 42.0 Å². The first-order valence-corrected chi connectivity index (χ1v) is 8.36. The van der Waals surface area contributed by atoms with Gasteiger partial charge in [-0.25, -0.2) is 9.97 Å². The standard InChI is InChI=1S/C14H24N4S/c1-4-6-12-16-13(15-5-2)9-14(17-12)18-7-8-19-10-11(18)3/h9,11H,4-8,10H2,1-3H3,(H,15,16,17). The van der Waals surface area contributed by atoms with E-state index in [0.29, 0.717) is 6.04 Å².